The highest BCUT2D eigenvalue weighted by Crippen LogP contribution is 2.20. The molecule has 0 spiro atoms. The van der Waals surface area contributed by atoms with Crippen molar-refractivity contribution in [1.82, 2.24) is 9.80 Å². The third-order valence-electron chi connectivity index (χ3n) is 3.58. The number of benzene rings is 1. The van der Waals surface area contributed by atoms with Crippen molar-refractivity contribution in [2.75, 3.05) is 27.2 Å². The second kappa shape index (κ2) is 6.17. The maximum atomic E-state index is 12.5. The van der Waals surface area contributed by atoms with Gasteiger partial charge in [0.25, 0.3) is 5.91 Å². The van der Waals surface area contributed by atoms with Crippen molar-refractivity contribution in [3.8, 4) is 0 Å². The maximum Gasteiger partial charge on any atom is 0.254 e. The first-order chi connectivity index (χ1) is 9.11. The van der Waals surface area contributed by atoms with Gasteiger partial charge in [-0.25, -0.2) is 0 Å². The third-order valence-corrected chi connectivity index (χ3v) is 3.58. The highest BCUT2D eigenvalue weighted by Gasteiger charge is 2.28. The van der Waals surface area contributed by atoms with E-state index >= 15 is 0 Å². The summed E-state index contributed by atoms with van der Waals surface area (Å²) in [6, 6.07) is 8.12. The van der Waals surface area contributed by atoms with E-state index in [1.165, 1.54) is 5.56 Å². The second-order valence-corrected chi connectivity index (χ2v) is 5.47. The van der Waals surface area contributed by atoms with Gasteiger partial charge in [0.15, 0.2) is 0 Å². The molecule has 1 atom stereocenters. The molecule has 4 heteroatoms. The Labute approximate surface area is 115 Å². The van der Waals surface area contributed by atoms with Crippen LogP contribution < -0.4 is 5.73 Å². The molecule has 104 valence electrons. The molecule has 0 aliphatic carbocycles. The van der Waals surface area contributed by atoms with Gasteiger partial charge >= 0.3 is 0 Å². The molecule has 4 nitrogen and oxygen atoms in total. The average Bonchev–Trinajstić information content (AvgIpc) is 2.85. The van der Waals surface area contributed by atoms with Crippen LogP contribution in [0, 0.1) is 0 Å². The molecule has 2 rings (SSSR count). The number of hydrogen-bond acceptors (Lipinski definition) is 3. The van der Waals surface area contributed by atoms with Gasteiger partial charge in [-0.15, -0.1) is 0 Å². The molecule has 1 aromatic carbocycles. The number of carbonyl (C=O) groups is 1. The molecule has 19 heavy (non-hydrogen) atoms. The fourth-order valence-corrected chi connectivity index (χ4v) is 2.68. The van der Waals surface area contributed by atoms with E-state index in [0.717, 1.165) is 31.5 Å². The van der Waals surface area contributed by atoms with Gasteiger partial charge in [-0.05, 0) is 44.6 Å². The van der Waals surface area contributed by atoms with Crippen LogP contribution in [-0.2, 0) is 6.54 Å². The largest absolute Gasteiger partial charge is 0.334 e. The molecule has 0 radical (unpaired) electrons. The maximum absolute atomic E-state index is 12.5. The summed E-state index contributed by atoms with van der Waals surface area (Å²) in [7, 11) is 4.05. The Hall–Kier alpha value is -1.39. The van der Waals surface area contributed by atoms with Gasteiger partial charge in [0.2, 0.25) is 0 Å². The third kappa shape index (κ3) is 3.33. The van der Waals surface area contributed by atoms with Crippen LogP contribution in [0.5, 0.6) is 0 Å². The molecule has 0 bridgehead atoms. The molecule has 0 aromatic heterocycles. The molecule has 0 saturated carbocycles. The van der Waals surface area contributed by atoms with Gasteiger partial charge in [-0.2, -0.15) is 0 Å². The lowest BCUT2D eigenvalue weighted by Gasteiger charge is -2.23. The monoisotopic (exact) mass is 261 g/mol. The lowest BCUT2D eigenvalue weighted by Crippen LogP contribution is -2.39. The highest BCUT2D eigenvalue weighted by molar-refractivity contribution is 5.94. The quantitative estimate of drug-likeness (QED) is 0.889. The number of carbonyl (C=O) groups excluding carboxylic acids is 1. The molecule has 1 heterocycles. The summed E-state index contributed by atoms with van der Waals surface area (Å²) in [5.74, 6) is 0.119. The van der Waals surface area contributed by atoms with E-state index in [1.807, 2.05) is 37.2 Å². The zero-order chi connectivity index (χ0) is 13.8. The number of rotatable bonds is 4. The highest BCUT2D eigenvalue weighted by atomic mass is 16.2. The van der Waals surface area contributed by atoms with Crippen molar-refractivity contribution in [2.24, 2.45) is 5.73 Å². The SMILES string of the molecule is CN(C)Cc1cccc(C(=O)N2CCCC2CN)c1. The van der Waals surface area contributed by atoms with E-state index in [4.69, 9.17) is 5.73 Å². The van der Waals surface area contributed by atoms with Crippen LogP contribution >= 0.6 is 0 Å². The zero-order valence-electron chi connectivity index (χ0n) is 11.8. The number of amides is 1. The summed E-state index contributed by atoms with van der Waals surface area (Å²) in [6.45, 7) is 2.24. The first kappa shape index (κ1) is 14.0. The Bertz CT molecular complexity index is 445. The molecule has 1 aromatic rings. The minimum Gasteiger partial charge on any atom is -0.334 e. The van der Waals surface area contributed by atoms with E-state index < -0.39 is 0 Å². The van der Waals surface area contributed by atoms with Crippen molar-refractivity contribution in [3.63, 3.8) is 0 Å². The Morgan fingerprint density at radius 1 is 1.47 bits per heavy atom. The van der Waals surface area contributed by atoms with Crippen LogP contribution in [0.4, 0.5) is 0 Å². The molecule has 1 unspecified atom stereocenters. The van der Waals surface area contributed by atoms with Crippen molar-refractivity contribution >= 4 is 5.91 Å². The smallest absolute Gasteiger partial charge is 0.254 e. The van der Waals surface area contributed by atoms with Crippen LogP contribution in [0.1, 0.15) is 28.8 Å². The number of nitrogens with zero attached hydrogens (tertiary/aromatic N) is 2. The van der Waals surface area contributed by atoms with Crippen molar-refractivity contribution in [2.45, 2.75) is 25.4 Å². The Morgan fingerprint density at radius 3 is 2.95 bits per heavy atom. The predicted molar refractivity (Wildman–Crippen MR) is 76.9 cm³/mol. The van der Waals surface area contributed by atoms with Crippen LogP contribution in [0.3, 0.4) is 0 Å². The number of nitrogens with two attached hydrogens (primary N) is 1. The standard InChI is InChI=1S/C15H23N3O/c1-17(2)11-12-5-3-6-13(9-12)15(19)18-8-4-7-14(18)10-16/h3,5-6,9,14H,4,7-8,10-11,16H2,1-2H3. The molecule has 1 saturated heterocycles. The Kier molecular flexibility index (Phi) is 4.56. The summed E-state index contributed by atoms with van der Waals surface area (Å²) in [4.78, 5) is 16.5. The van der Waals surface area contributed by atoms with E-state index in [-0.39, 0.29) is 11.9 Å². The Balaban J connectivity index is 2.14. The predicted octanol–water partition coefficient (Wildman–Crippen LogP) is 1.31. The summed E-state index contributed by atoms with van der Waals surface area (Å²) >= 11 is 0. The van der Waals surface area contributed by atoms with Gasteiger partial charge < -0.3 is 15.5 Å². The normalized spacial score (nSPS) is 19.2. The van der Waals surface area contributed by atoms with Gasteiger partial charge in [0.1, 0.15) is 0 Å². The number of likely N-dealkylation sites (tertiary alicyclic amines) is 1. The van der Waals surface area contributed by atoms with E-state index in [9.17, 15) is 4.79 Å². The van der Waals surface area contributed by atoms with Gasteiger partial charge in [0, 0.05) is 31.2 Å². The fraction of sp³-hybridized carbons (Fsp3) is 0.533. The van der Waals surface area contributed by atoms with Crippen LogP contribution in [-0.4, -0.2) is 48.9 Å². The molecule has 1 fully saturated rings. The fourth-order valence-electron chi connectivity index (χ4n) is 2.68. The van der Waals surface area contributed by atoms with Crippen LogP contribution in [0.2, 0.25) is 0 Å². The van der Waals surface area contributed by atoms with Crippen LogP contribution in [0.25, 0.3) is 0 Å². The number of hydrogen-bond donors (Lipinski definition) is 1. The zero-order valence-corrected chi connectivity index (χ0v) is 11.8. The summed E-state index contributed by atoms with van der Waals surface area (Å²) in [6.07, 6.45) is 2.09. The van der Waals surface area contributed by atoms with Crippen LogP contribution in [0.15, 0.2) is 24.3 Å². The minimum atomic E-state index is 0.119. The summed E-state index contributed by atoms with van der Waals surface area (Å²) in [5.41, 5.74) is 7.68. The second-order valence-electron chi connectivity index (χ2n) is 5.47. The van der Waals surface area contributed by atoms with Crippen molar-refractivity contribution in [3.05, 3.63) is 35.4 Å². The van der Waals surface area contributed by atoms with Crippen molar-refractivity contribution in [1.29, 1.82) is 0 Å². The van der Waals surface area contributed by atoms with Gasteiger partial charge in [0.05, 0.1) is 0 Å². The topological polar surface area (TPSA) is 49.6 Å². The molecule has 1 amide bonds. The summed E-state index contributed by atoms with van der Waals surface area (Å²) in [5, 5.41) is 0. The molecular weight excluding hydrogens is 238 g/mol. The lowest BCUT2D eigenvalue weighted by molar-refractivity contribution is 0.0741. The van der Waals surface area contributed by atoms with E-state index in [2.05, 4.69) is 11.0 Å². The molecule has 1 aliphatic heterocycles. The molecular formula is C15H23N3O. The van der Waals surface area contributed by atoms with Crippen molar-refractivity contribution < 1.29 is 4.79 Å². The first-order valence-corrected chi connectivity index (χ1v) is 6.86. The first-order valence-electron chi connectivity index (χ1n) is 6.86. The lowest BCUT2D eigenvalue weighted by atomic mass is 10.1. The molecule has 1 aliphatic rings. The van der Waals surface area contributed by atoms with Gasteiger partial charge in [-0.1, -0.05) is 12.1 Å². The van der Waals surface area contributed by atoms with Gasteiger partial charge in [-0.3, -0.25) is 4.79 Å². The average molecular weight is 261 g/mol. The van der Waals surface area contributed by atoms with E-state index in [0.29, 0.717) is 6.54 Å². The minimum absolute atomic E-state index is 0.119. The van der Waals surface area contributed by atoms with E-state index in [1.54, 1.807) is 0 Å². The molecule has 2 N–H and O–H groups in total. The Morgan fingerprint density at radius 2 is 2.26 bits per heavy atom. The summed E-state index contributed by atoms with van der Waals surface area (Å²) < 4.78 is 0.